The first-order chi connectivity index (χ1) is 9.38. The molecule has 1 fully saturated rings. The summed E-state index contributed by atoms with van der Waals surface area (Å²) in [4.78, 5) is 10.8. The minimum Gasteiger partial charge on any atom is -0.478 e. The molecule has 2 atom stereocenters. The van der Waals surface area contributed by atoms with Gasteiger partial charge in [-0.1, -0.05) is 6.07 Å². The predicted octanol–water partition coefficient (Wildman–Crippen LogP) is 0.967. The number of carboxylic acid groups (broad SMARTS) is 1. The van der Waals surface area contributed by atoms with Gasteiger partial charge in [0, 0.05) is 6.04 Å². The molecule has 0 amide bonds. The van der Waals surface area contributed by atoms with E-state index in [1.165, 1.54) is 18.2 Å². The molecule has 0 unspecified atom stereocenters. The molecular formula is C13H17NO5S. The molecule has 1 aromatic rings. The van der Waals surface area contributed by atoms with Crippen molar-refractivity contribution in [3.05, 3.63) is 29.8 Å². The third kappa shape index (κ3) is 3.56. The molecule has 2 rings (SSSR count). The number of hydrogen-bond acceptors (Lipinski definition) is 4. The molecule has 0 radical (unpaired) electrons. The number of nitrogens with one attached hydrogen (secondary N) is 1. The summed E-state index contributed by atoms with van der Waals surface area (Å²) in [6.07, 6.45) is 2.03. The number of aliphatic hydroxyl groups excluding tert-OH is 1. The van der Waals surface area contributed by atoms with Crippen molar-refractivity contribution in [2.75, 3.05) is 0 Å². The van der Waals surface area contributed by atoms with Crippen molar-refractivity contribution in [3.8, 4) is 0 Å². The van der Waals surface area contributed by atoms with E-state index >= 15 is 0 Å². The van der Waals surface area contributed by atoms with E-state index in [0.717, 1.165) is 12.5 Å². The molecule has 1 aliphatic carbocycles. The zero-order valence-electron chi connectivity index (χ0n) is 10.8. The molecule has 0 spiro atoms. The predicted molar refractivity (Wildman–Crippen MR) is 72.0 cm³/mol. The molecule has 110 valence electrons. The van der Waals surface area contributed by atoms with E-state index in [2.05, 4.69) is 4.72 Å². The highest BCUT2D eigenvalue weighted by Crippen LogP contribution is 2.21. The quantitative estimate of drug-likeness (QED) is 0.768. The number of aromatic carboxylic acids is 1. The van der Waals surface area contributed by atoms with Crippen LogP contribution in [-0.4, -0.2) is 36.7 Å². The summed E-state index contributed by atoms with van der Waals surface area (Å²) in [6.45, 7) is 0. The van der Waals surface area contributed by atoms with Crippen LogP contribution in [0.2, 0.25) is 0 Å². The molecule has 0 heterocycles. The van der Waals surface area contributed by atoms with Crippen LogP contribution in [0.25, 0.3) is 0 Å². The maximum Gasteiger partial charge on any atom is 0.335 e. The standard InChI is InChI=1S/C13H17NO5S/c15-11-5-2-4-10(8-11)14-20(18,19)12-6-1-3-9(7-12)13(16)17/h1,3,6-7,10-11,14-15H,2,4-5,8H2,(H,16,17)/t10-,11-/m0/s1. The minimum atomic E-state index is -3.76. The van der Waals surface area contributed by atoms with E-state index in [4.69, 9.17) is 5.11 Å². The maximum absolute atomic E-state index is 12.2. The van der Waals surface area contributed by atoms with Crippen molar-refractivity contribution in [3.63, 3.8) is 0 Å². The van der Waals surface area contributed by atoms with E-state index in [9.17, 15) is 18.3 Å². The van der Waals surface area contributed by atoms with Crippen LogP contribution in [0.5, 0.6) is 0 Å². The Morgan fingerprint density at radius 2 is 2.05 bits per heavy atom. The number of carbonyl (C=O) groups is 1. The zero-order chi connectivity index (χ0) is 14.8. The van der Waals surface area contributed by atoms with Crippen molar-refractivity contribution >= 4 is 16.0 Å². The highest BCUT2D eigenvalue weighted by molar-refractivity contribution is 7.89. The molecule has 1 aliphatic rings. The van der Waals surface area contributed by atoms with Gasteiger partial charge in [0.15, 0.2) is 0 Å². The molecule has 0 aromatic heterocycles. The number of carboxylic acids is 1. The summed E-state index contributed by atoms with van der Waals surface area (Å²) < 4.78 is 26.9. The summed E-state index contributed by atoms with van der Waals surface area (Å²) >= 11 is 0. The lowest BCUT2D eigenvalue weighted by Crippen LogP contribution is -2.39. The normalized spacial score (nSPS) is 23.4. The average molecular weight is 299 g/mol. The van der Waals surface area contributed by atoms with Gasteiger partial charge >= 0.3 is 5.97 Å². The lowest BCUT2D eigenvalue weighted by atomic mass is 9.94. The number of sulfonamides is 1. The van der Waals surface area contributed by atoms with Crippen LogP contribution < -0.4 is 4.72 Å². The molecule has 1 saturated carbocycles. The Labute approximate surface area is 117 Å². The highest BCUT2D eigenvalue weighted by atomic mass is 32.2. The van der Waals surface area contributed by atoms with E-state index in [1.54, 1.807) is 0 Å². The van der Waals surface area contributed by atoms with Gasteiger partial charge in [-0.2, -0.15) is 0 Å². The fourth-order valence-electron chi connectivity index (χ4n) is 2.35. The first kappa shape index (κ1) is 15.0. The zero-order valence-corrected chi connectivity index (χ0v) is 11.6. The molecule has 1 aromatic carbocycles. The first-order valence-corrected chi connectivity index (χ1v) is 7.90. The second-order valence-corrected chi connectivity index (χ2v) is 6.69. The van der Waals surface area contributed by atoms with Crippen LogP contribution >= 0.6 is 0 Å². The second kappa shape index (κ2) is 5.90. The van der Waals surface area contributed by atoms with Gasteiger partial charge in [-0.25, -0.2) is 17.9 Å². The molecule has 0 saturated heterocycles. The van der Waals surface area contributed by atoms with E-state index in [1.807, 2.05) is 0 Å². The minimum absolute atomic E-state index is 0.0718. The summed E-state index contributed by atoms with van der Waals surface area (Å²) in [5.74, 6) is -1.17. The van der Waals surface area contributed by atoms with Gasteiger partial charge in [0.2, 0.25) is 10.0 Å². The fourth-order valence-corrected chi connectivity index (χ4v) is 3.68. The topological polar surface area (TPSA) is 104 Å². The largest absolute Gasteiger partial charge is 0.478 e. The Kier molecular flexibility index (Phi) is 4.42. The summed E-state index contributed by atoms with van der Waals surface area (Å²) in [5, 5.41) is 18.4. The van der Waals surface area contributed by atoms with Crippen LogP contribution in [0.15, 0.2) is 29.2 Å². The monoisotopic (exact) mass is 299 g/mol. The molecule has 7 heteroatoms. The number of aliphatic hydroxyl groups is 1. The Morgan fingerprint density at radius 1 is 1.30 bits per heavy atom. The highest BCUT2D eigenvalue weighted by Gasteiger charge is 2.25. The molecule has 0 aliphatic heterocycles. The summed E-state index contributed by atoms with van der Waals surface area (Å²) in [5.41, 5.74) is -0.0726. The summed E-state index contributed by atoms with van der Waals surface area (Å²) in [7, 11) is -3.76. The fraction of sp³-hybridized carbons (Fsp3) is 0.462. The van der Waals surface area contributed by atoms with E-state index in [0.29, 0.717) is 19.3 Å². The van der Waals surface area contributed by atoms with E-state index < -0.39 is 22.1 Å². The van der Waals surface area contributed by atoms with Gasteiger partial charge < -0.3 is 10.2 Å². The number of rotatable bonds is 4. The summed E-state index contributed by atoms with van der Waals surface area (Å²) in [6, 6.07) is 4.91. The van der Waals surface area contributed by atoms with Gasteiger partial charge in [0.05, 0.1) is 16.6 Å². The van der Waals surface area contributed by atoms with Crippen LogP contribution in [0, 0.1) is 0 Å². The van der Waals surface area contributed by atoms with Crippen molar-refractivity contribution in [2.45, 2.75) is 42.7 Å². The van der Waals surface area contributed by atoms with Crippen molar-refractivity contribution in [1.82, 2.24) is 4.72 Å². The van der Waals surface area contributed by atoms with Crippen LogP contribution in [0.3, 0.4) is 0 Å². The lowest BCUT2D eigenvalue weighted by molar-refractivity contribution is 0.0696. The molecule has 6 nitrogen and oxygen atoms in total. The third-order valence-electron chi connectivity index (χ3n) is 3.36. The molecular weight excluding hydrogens is 282 g/mol. The number of hydrogen-bond donors (Lipinski definition) is 3. The third-order valence-corrected chi connectivity index (χ3v) is 4.88. The molecule has 20 heavy (non-hydrogen) atoms. The van der Waals surface area contributed by atoms with Crippen molar-refractivity contribution in [2.24, 2.45) is 0 Å². The molecule has 3 N–H and O–H groups in total. The van der Waals surface area contributed by atoms with Crippen molar-refractivity contribution < 1.29 is 23.4 Å². The smallest absolute Gasteiger partial charge is 0.335 e. The van der Waals surface area contributed by atoms with Gasteiger partial charge in [0.25, 0.3) is 0 Å². The Balaban J connectivity index is 2.17. The van der Waals surface area contributed by atoms with Crippen molar-refractivity contribution in [1.29, 1.82) is 0 Å². The second-order valence-electron chi connectivity index (χ2n) is 4.97. The first-order valence-electron chi connectivity index (χ1n) is 6.42. The van der Waals surface area contributed by atoms with Crippen LogP contribution in [0.1, 0.15) is 36.0 Å². The lowest BCUT2D eigenvalue weighted by Gasteiger charge is -2.26. The van der Waals surface area contributed by atoms with Crippen LogP contribution in [0.4, 0.5) is 0 Å². The van der Waals surface area contributed by atoms with Crippen LogP contribution in [-0.2, 0) is 10.0 Å². The Bertz CT molecular complexity index is 599. The SMILES string of the molecule is O=C(O)c1cccc(S(=O)(=O)N[C@H]2CCC[C@H](O)C2)c1. The van der Waals surface area contributed by atoms with Gasteiger partial charge in [-0.15, -0.1) is 0 Å². The average Bonchev–Trinajstić information content (AvgIpc) is 2.38. The van der Waals surface area contributed by atoms with Gasteiger partial charge in [-0.05, 0) is 43.9 Å². The maximum atomic E-state index is 12.2. The van der Waals surface area contributed by atoms with Gasteiger partial charge in [0.1, 0.15) is 0 Å². The molecule has 0 bridgehead atoms. The van der Waals surface area contributed by atoms with Gasteiger partial charge in [-0.3, -0.25) is 0 Å². The Hall–Kier alpha value is -1.44. The van der Waals surface area contributed by atoms with E-state index in [-0.39, 0.29) is 16.5 Å². The number of benzene rings is 1. The Morgan fingerprint density at radius 3 is 2.70 bits per heavy atom.